The maximum Gasteiger partial charge on any atom is 0.329 e. The Morgan fingerprint density at radius 2 is 1.18 bits per heavy atom. The number of benzene rings is 1. The van der Waals surface area contributed by atoms with Gasteiger partial charge in [-0.25, -0.2) is 0 Å². The highest BCUT2D eigenvalue weighted by Gasteiger charge is 2.18. The van der Waals surface area contributed by atoms with E-state index in [1.54, 1.807) is 0 Å². The van der Waals surface area contributed by atoms with Crippen molar-refractivity contribution in [1.29, 1.82) is 0 Å². The fourth-order valence-corrected chi connectivity index (χ4v) is 2.72. The van der Waals surface area contributed by atoms with E-state index in [9.17, 15) is 14.2 Å². The van der Waals surface area contributed by atoms with Crippen molar-refractivity contribution in [3.8, 4) is 5.75 Å². The van der Waals surface area contributed by atoms with Gasteiger partial charge in [0.05, 0.1) is 12.3 Å². The van der Waals surface area contributed by atoms with Gasteiger partial charge in [-0.15, -0.1) is 0 Å². The highest BCUT2D eigenvalue weighted by atomic mass is 31.2. The molecule has 0 saturated carbocycles. The lowest BCUT2D eigenvalue weighted by Crippen LogP contribution is -1.92. The van der Waals surface area contributed by atoms with E-state index in [0.29, 0.717) is 0 Å². The van der Waals surface area contributed by atoms with Gasteiger partial charge in [0.2, 0.25) is 0 Å². The molecule has 0 saturated heterocycles. The second-order valence-corrected chi connectivity index (χ2v) is 6.94. The van der Waals surface area contributed by atoms with Crippen LogP contribution in [0.15, 0.2) is 18.2 Å². The van der Waals surface area contributed by atoms with Gasteiger partial charge >= 0.3 is 15.2 Å². The van der Waals surface area contributed by atoms with E-state index in [1.807, 2.05) is 0 Å². The standard InChI is InChI=1S/C8H12O7P2/c9-8-2-6(4-16(10,11)12)1-7(3-8)5-17(13,14)15/h1-3,9H,4-5H2,(H2,10,11,12)(H2,13,14,15). The maximum absolute atomic E-state index is 10.8. The molecule has 0 radical (unpaired) electrons. The lowest BCUT2D eigenvalue weighted by atomic mass is 10.1. The van der Waals surface area contributed by atoms with E-state index in [0.717, 1.165) is 12.1 Å². The molecule has 0 amide bonds. The molecule has 0 unspecified atom stereocenters. The van der Waals surface area contributed by atoms with Crippen molar-refractivity contribution in [3.05, 3.63) is 29.3 Å². The topological polar surface area (TPSA) is 135 Å². The fraction of sp³-hybridized carbons (Fsp3) is 0.250. The summed E-state index contributed by atoms with van der Waals surface area (Å²) >= 11 is 0. The molecule has 0 heterocycles. The zero-order valence-electron chi connectivity index (χ0n) is 8.59. The molecular formula is C8H12O7P2. The smallest absolute Gasteiger partial charge is 0.329 e. The molecule has 5 N–H and O–H groups in total. The van der Waals surface area contributed by atoms with Crippen molar-refractivity contribution in [2.24, 2.45) is 0 Å². The first-order chi connectivity index (χ1) is 7.55. The van der Waals surface area contributed by atoms with Crippen molar-refractivity contribution < 1.29 is 33.8 Å². The van der Waals surface area contributed by atoms with Crippen molar-refractivity contribution in [2.75, 3.05) is 0 Å². The largest absolute Gasteiger partial charge is 0.508 e. The minimum Gasteiger partial charge on any atom is -0.508 e. The van der Waals surface area contributed by atoms with Crippen LogP contribution >= 0.6 is 15.2 Å². The normalized spacial score (nSPS) is 12.7. The van der Waals surface area contributed by atoms with Crippen LogP contribution in [0.3, 0.4) is 0 Å². The molecule has 9 heteroatoms. The third-order valence-electron chi connectivity index (χ3n) is 1.81. The Kier molecular flexibility index (Phi) is 4.15. The Morgan fingerprint density at radius 1 is 0.824 bits per heavy atom. The molecule has 17 heavy (non-hydrogen) atoms. The Morgan fingerprint density at radius 3 is 1.47 bits per heavy atom. The third kappa shape index (κ3) is 5.98. The fourth-order valence-electron chi connectivity index (χ4n) is 1.40. The van der Waals surface area contributed by atoms with Gasteiger partial charge in [0.1, 0.15) is 5.75 Å². The van der Waals surface area contributed by atoms with Crippen molar-refractivity contribution >= 4 is 15.2 Å². The van der Waals surface area contributed by atoms with Gasteiger partial charge in [-0.2, -0.15) is 0 Å². The first-order valence-corrected chi connectivity index (χ1v) is 8.06. The molecule has 0 spiro atoms. The molecule has 0 aliphatic heterocycles. The first-order valence-electron chi connectivity index (χ1n) is 4.46. The van der Waals surface area contributed by atoms with Crippen LogP contribution in [0.2, 0.25) is 0 Å². The summed E-state index contributed by atoms with van der Waals surface area (Å²) in [4.78, 5) is 35.0. The van der Waals surface area contributed by atoms with E-state index in [2.05, 4.69) is 0 Å². The Balaban J connectivity index is 3.03. The van der Waals surface area contributed by atoms with Gasteiger partial charge in [-0.1, -0.05) is 6.07 Å². The van der Waals surface area contributed by atoms with Crippen LogP contribution < -0.4 is 0 Å². The minimum absolute atomic E-state index is 0.127. The van der Waals surface area contributed by atoms with Crippen molar-refractivity contribution in [2.45, 2.75) is 12.3 Å². The third-order valence-corrected chi connectivity index (χ3v) is 3.37. The number of aromatic hydroxyl groups is 1. The summed E-state index contributed by atoms with van der Waals surface area (Å²) in [7, 11) is -8.57. The number of hydrogen-bond donors (Lipinski definition) is 5. The Hall–Kier alpha value is -0.680. The van der Waals surface area contributed by atoms with Crippen LogP contribution in [0.4, 0.5) is 0 Å². The molecule has 1 aromatic carbocycles. The summed E-state index contributed by atoms with van der Waals surface area (Å²) in [5, 5.41) is 9.28. The second-order valence-electron chi connectivity index (χ2n) is 3.65. The molecule has 0 aliphatic rings. The van der Waals surface area contributed by atoms with Gasteiger partial charge in [0.15, 0.2) is 0 Å². The molecule has 0 bridgehead atoms. The van der Waals surface area contributed by atoms with E-state index < -0.39 is 27.5 Å². The van der Waals surface area contributed by atoms with Crippen molar-refractivity contribution in [1.82, 2.24) is 0 Å². The van der Waals surface area contributed by atoms with Crippen LogP contribution in [0.5, 0.6) is 5.75 Å². The van der Waals surface area contributed by atoms with Crippen LogP contribution in [-0.2, 0) is 21.5 Å². The summed E-state index contributed by atoms with van der Waals surface area (Å²) in [6, 6.07) is 3.53. The monoisotopic (exact) mass is 282 g/mol. The molecule has 0 aromatic heterocycles. The highest BCUT2D eigenvalue weighted by Crippen LogP contribution is 2.42. The first kappa shape index (κ1) is 14.4. The predicted octanol–water partition coefficient (Wildman–Crippen LogP) is 0.748. The molecule has 1 rings (SSSR count). The summed E-state index contributed by atoms with van der Waals surface area (Å²) < 4.78 is 21.5. The van der Waals surface area contributed by atoms with Crippen LogP contribution in [0, 0.1) is 0 Å². The summed E-state index contributed by atoms with van der Waals surface area (Å²) in [6.07, 6.45) is -1.18. The van der Waals surface area contributed by atoms with E-state index >= 15 is 0 Å². The van der Waals surface area contributed by atoms with E-state index in [1.165, 1.54) is 6.07 Å². The molecule has 96 valence electrons. The lowest BCUT2D eigenvalue weighted by Gasteiger charge is -2.09. The SMILES string of the molecule is O=P(O)(O)Cc1cc(O)cc(CP(=O)(O)O)c1. The van der Waals surface area contributed by atoms with E-state index in [-0.39, 0.29) is 16.9 Å². The zero-order valence-corrected chi connectivity index (χ0v) is 10.4. The zero-order chi connectivity index (χ0) is 13.3. The van der Waals surface area contributed by atoms with Crippen LogP contribution in [0.1, 0.15) is 11.1 Å². The minimum atomic E-state index is -4.28. The number of phenols is 1. The Labute approximate surface area is 97.1 Å². The molecule has 0 atom stereocenters. The quantitative estimate of drug-likeness (QED) is 0.514. The molecule has 7 nitrogen and oxygen atoms in total. The predicted molar refractivity (Wildman–Crippen MR) is 59.6 cm³/mol. The highest BCUT2D eigenvalue weighted by molar-refractivity contribution is 7.51. The van der Waals surface area contributed by atoms with Crippen molar-refractivity contribution in [3.63, 3.8) is 0 Å². The summed E-state index contributed by atoms with van der Waals surface area (Å²) in [5.74, 6) is -0.292. The molecule has 1 aromatic rings. The van der Waals surface area contributed by atoms with Gasteiger partial charge in [0.25, 0.3) is 0 Å². The summed E-state index contributed by atoms with van der Waals surface area (Å²) in [6.45, 7) is 0. The van der Waals surface area contributed by atoms with Crippen LogP contribution in [-0.4, -0.2) is 24.7 Å². The van der Waals surface area contributed by atoms with Gasteiger partial charge in [0, 0.05) is 0 Å². The van der Waals surface area contributed by atoms with Gasteiger partial charge < -0.3 is 24.7 Å². The number of hydrogen-bond acceptors (Lipinski definition) is 3. The number of rotatable bonds is 4. The average molecular weight is 282 g/mol. The maximum atomic E-state index is 10.8. The van der Waals surface area contributed by atoms with Gasteiger partial charge in [-0.05, 0) is 23.3 Å². The lowest BCUT2D eigenvalue weighted by molar-refractivity contribution is 0.370. The summed E-state index contributed by atoms with van der Waals surface area (Å²) in [5.41, 5.74) is 0.253. The van der Waals surface area contributed by atoms with E-state index in [4.69, 9.17) is 19.6 Å². The molecule has 0 fully saturated rings. The number of phenolic OH excluding ortho intramolecular Hbond substituents is 1. The molecule has 0 aliphatic carbocycles. The molecular weight excluding hydrogens is 270 g/mol. The Bertz CT molecular complexity index is 458. The average Bonchev–Trinajstić information content (AvgIpc) is 1.93. The second kappa shape index (κ2) is 4.90. The van der Waals surface area contributed by atoms with Gasteiger partial charge in [-0.3, -0.25) is 9.13 Å². The van der Waals surface area contributed by atoms with Crippen LogP contribution in [0.25, 0.3) is 0 Å².